The lowest BCUT2D eigenvalue weighted by molar-refractivity contribution is -0.440. The Kier molecular flexibility index (Phi) is 9.73. The lowest BCUT2D eigenvalue weighted by Crippen LogP contribution is -2.70. The predicted octanol–water partition coefficient (Wildman–Crippen LogP) is 8.57. The highest BCUT2D eigenvalue weighted by Gasteiger charge is 2.90. The van der Waals surface area contributed by atoms with Crippen LogP contribution in [0.3, 0.4) is 0 Å². The first-order valence-electron chi connectivity index (χ1n) is 13.6. The smallest absolute Gasteiger partial charge is 0.460 e. The normalized spacial score (nSPS) is 14.0. The van der Waals surface area contributed by atoms with E-state index in [1.165, 1.54) is 12.1 Å². The number of aromatic nitrogens is 6. The number of aryl methyl sites for hydroxylation is 2. The zero-order valence-electron chi connectivity index (χ0n) is 24.5. The summed E-state index contributed by atoms with van der Waals surface area (Å²) in [4.78, 5) is 12.1. The van der Waals surface area contributed by atoms with Crippen molar-refractivity contribution in [2.24, 2.45) is 0 Å². The van der Waals surface area contributed by atoms with Crippen LogP contribution in [0.25, 0.3) is 22.3 Å². The molecule has 50 heavy (non-hydrogen) atoms. The van der Waals surface area contributed by atoms with E-state index in [1.54, 1.807) is 25.1 Å². The number of benzene rings is 1. The number of nitrogens with zero attached hydrogens (tertiary/aromatic N) is 6. The van der Waals surface area contributed by atoms with Gasteiger partial charge < -0.3 is 4.74 Å². The van der Waals surface area contributed by atoms with Gasteiger partial charge in [-0.1, -0.05) is 42.5 Å². The summed E-state index contributed by atoms with van der Waals surface area (Å²) < 4.78 is 222. The van der Waals surface area contributed by atoms with Gasteiger partial charge in [0, 0.05) is 24.9 Å². The molecule has 0 bridgehead atoms. The first kappa shape index (κ1) is 38.3. The first-order chi connectivity index (χ1) is 22.8. The zero-order chi connectivity index (χ0) is 37.7. The molecule has 0 aliphatic heterocycles. The maximum absolute atomic E-state index is 14.2. The average molecular weight is 746 g/mol. The molecular weight excluding hydrogens is 728 g/mol. The Hall–Kier alpha value is -4.47. The minimum atomic E-state index is -8.03. The molecule has 0 N–H and O–H groups in total. The van der Waals surface area contributed by atoms with Gasteiger partial charge in [-0.15, -0.1) is 5.10 Å². The van der Waals surface area contributed by atoms with Crippen LogP contribution in [0.15, 0.2) is 42.6 Å². The van der Waals surface area contributed by atoms with Gasteiger partial charge in [0.1, 0.15) is 18.1 Å². The van der Waals surface area contributed by atoms with E-state index in [0.717, 1.165) is 0 Å². The highest BCUT2D eigenvalue weighted by Crippen LogP contribution is 2.60. The van der Waals surface area contributed by atoms with Gasteiger partial charge in [0.2, 0.25) is 5.88 Å². The average Bonchev–Trinajstić information content (AvgIpc) is 3.48. The standard InChI is InChI=1S/C27H18F16N6O/c1-2-17-45-19-18(15(22(30,31)32)10-16(44-19)13-6-4-3-5-7-13)20(46-17)50-12-14-11-49(48-47-14)9-8-21(28,29)23(33,34)24(35,36)25(37,38)26(39,40)27(41,42)43/h3-7,10-11H,2,8-9,12H2,1H3. The second-order valence-electron chi connectivity index (χ2n) is 10.4. The van der Waals surface area contributed by atoms with Crippen molar-refractivity contribution in [3.63, 3.8) is 0 Å². The summed E-state index contributed by atoms with van der Waals surface area (Å²) >= 11 is 0. The van der Waals surface area contributed by atoms with Gasteiger partial charge in [0.25, 0.3) is 0 Å². The van der Waals surface area contributed by atoms with Crippen LogP contribution in [0.1, 0.15) is 30.4 Å². The lowest BCUT2D eigenvalue weighted by Gasteiger charge is -2.39. The van der Waals surface area contributed by atoms with Crippen LogP contribution < -0.4 is 4.74 Å². The molecule has 0 saturated carbocycles. The van der Waals surface area contributed by atoms with Crippen LogP contribution in [-0.2, 0) is 25.7 Å². The third-order valence-corrected chi connectivity index (χ3v) is 6.97. The van der Waals surface area contributed by atoms with Crippen LogP contribution in [0.4, 0.5) is 70.2 Å². The molecule has 0 aliphatic rings. The van der Waals surface area contributed by atoms with E-state index in [9.17, 15) is 70.2 Å². The SMILES string of the molecule is CCc1nc(OCc2cn(CCC(F)(F)C(F)(F)C(F)(F)C(F)(F)C(F)(F)C(F)(F)F)nn2)c2c(C(F)(F)F)cc(-c3ccccc3)nc2n1. The second kappa shape index (κ2) is 12.7. The molecule has 4 rings (SSSR count). The lowest BCUT2D eigenvalue weighted by atomic mass is 9.92. The fourth-order valence-electron chi connectivity index (χ4n) is 4.26. The highest BCUT2D eigenvalue weighted by atomic mass is 19.4. The maximum atomic E-state index is 14.2. The van der Waals surface area contributed by atoms with Gasteiger partial charge in [0.15, 0.2) is 5.65 Å². The van der Waals surface area contributed by atoms with E-state index < -0.39 is 89.7 Å². The van der Waals surface area contributed by atoms with Crippen LogP contribution >= 0.6 is 0 Å². The van der Waals surface area contributed by atoms with Crippen molar-refractivity contribution in [1.82, 2.24) is 29.9 Å². The summed E-state index contributed by atoms with van der Waals surface area (Å²) in [5, 5.41) is 5.83. The van der Waals surface area contributed by atoms with Crippen molar-refractivity contribution in [1.29, 1.82) is 0 Å². The van der Waals surface area contributed by atoms with E-state index in [0.29, 0.717) is 17.8 Å². The Morgan fingerprint density at radius 2 is 1.32 bits per heavy atom. The van der Waals surface area contributed by atoms with Crippen LogP contribution in [0, 0.1) is 0 Å². The number of fused-ring (bicyclic) bond motifs is 1. The van der Waals surface area contributed by atoms with Gasteiger partial charge in [-0.3, -0.25) is 4.68 Å². The Balaban J connectivity index is 1.57. The quantitative estimate of drug-likeness (QED) is 0.135. The zero-order valence-corrected chi connectivity index (χ0v) is 24.5. The molecule has 3 aromatic heterocycles. The number of pyridine rings is 1. The number of halogens is 16. The predicted molar refractivity (Wildman–Crippen MR) is 137 cm³/mol. The molecule has 0 unspecified atom stereocenters. The van der Waals surface area contributed by atoms with E-state index in [-0.39, 0.29) is 22.6 Å². The highest BCUT2D eigenvalue weighted by molar-refractivity contribution is 5.87. The largest absolute Gasteiger partial charge is 0.470 e. The van der Waals surface area contributed by atoms with Crippen molar-refractivity contribution in [3.05, 3.63) is 59.7 Å². The van der Waals surface area contributed by atoms with E-state index >= 15 is 0 Å². The van der Waals surface area contributed by atoms with Crippen molar-refractivity contribution in [2.75, 3.05) is 0 Å². The summed E-state index contributed by atoms with van der Waals surface area (Å²) in [6.07, 6.45) is -14.4. The summed E-state index contributed by atoms with van der Waals surface area (Å²) in [6, 6.07) is 8.39. The Labute approximate surface area is 268 Å². The van der Waals surface area contributed by atoms with Gasteiger partial charge in [-0.05, 0) is 6.07 Å². The number of alkyl halides is 16. The van der Waals surface area contributed by atoms with Gasteiger partial charge in [-0.2, -0.15) is 75.2 Å². The topological polar surface area (TPSA) is 78.6 Å². The molecule has 274 valence electrons. The molecule has 7 nitrogen and oxygen atoms in total. The van der Waals surface area contributed by atoms with Crippen molar-refractivity contribution < 1.29 is 75.0 Å². The van der Waals surface area contributed by atoms with Crippen molar-refractivity contribution in [3.8, 4) is 17.1 Å². The monoisotopic (exact) mass is 746 g/mol. The Morgan fingerprint density at radius 3 is 1.88 bits per heavy atom. The molecule has 23 heteroatoms. The fourth-order valence-corrected chi connectivity index (χ4v) is 4.26. The fraction of sp³-hybridized carbons (Fsp3) is 0.444. The van der Waals surface area contributed by atoms with Crippen LogP contribution in [-0.4, -0.2) is 65.7 Å². The van der Waals surface area contributed by atoms with E-state index in [2.05, 4.69) is 25.3 Å². The summed E-state index contributed by atoms with van der Waals surface area (Å²) in [6.45, 7) is -0.898. The molecule has 0 fully saturated rings. The van der Waals surface area contributed by atoms with Crippen molar-refractivity contribution >= 4 is 11.0 Å². The number of hydrogen-bond acceptors (Lipinski definition) is 6. The number of hydrogen-bond donors (Lipinski definition) is 0. The number of ether oxygens (including phenoxy) is 1. The summed E-state index contributed by atoms with van der Waals surface area (Å²) in [5.41, 5.74) is -1.97. The van der Waals surface area contributed by atoms with Gasteiger partial charge in [-0.25, -0.2) is 9.97 Å². The van der Waals surface area contributed by atoms with E-state index in [1.807, 2.05) is 0 Å². The molecule has 0 aliphatic carbocycles. The molecule has 0 radical (unpaired) electrons. The van der Waals surface area contributed by atoms with Crippen LogP contribution in [0.5, 0.6) is 5.88 Å². The Bertz CT molecular complexity index is 1820. The third-order valence-electron chi connectivity index (χ3n) is 6.97. The molecule has 3 heterocycles. The maximum Gasteiger partial charge on any atom is 0.460 e. The second-order valence-corrected chi connectivity index (χ2v) is 10.4. The van der Waals surface area contributed by atoms with Crippen molar-refractivity contribution in [2.45, 2.75) is 74.9 Å². The van der Waals surface area contributed by atoms with E-state index in [4.69, 9.17) is 4.74 Å². The minimum Gasteiger partial charge on any atom is -0.470 e. The molecule has 0 amide bonds. The van der Waals surface area contributed by atoms with Gasteiger partial charge in [0.05, 0.1) is 22.8 Å². The summed E-state index contributed by atoms with van der Waals surface area (Å²) in [5.74, 6) is -38.4. The molecule has 4 aromatic rings. The summed E-state index contributed by atoms with van der Waals surface area (Å²) in [7, 11) is 0. The Morgan fingerprint density at radius 1 is 0.720 bits per heavy atom. The molecule has 1 aromatic carbocycles. The first-order valence-corrected chi connectivity index (χ1v) is 13.6. The van der Waals surface area contributed by atoms with Crippen LogP contribution in [0.2, 0.25) is 0 Å². The molecule has 0 spiro atoms. The van der Waals surface area contributed by atoms with Gasteiger partial charge >= 0.3 is 42.0 Å². The molecule has 0 saturated heterocycles. The minimum absolute atomic E-state index is 0.0412. The number of rotatable bonds is 12. The third kappa shape index (κ3) is 6.68. The molecular formula is C27H18F16N6O. The molecule has 0 atom stereocenters.